The van der Waals surface area contributed by atoms with Crippen LogP contribution in [0.4, 0.5) is 19.0 Å². The lowest BCUT2D eigenvalue weighted by Gasteiger charge is -2.48. The minimum Gasteiger partial charge on any atom is -0.367 e. The molecule has 238 valence electrons. The number of halogens is 3. The molecule has 45 heavy (non-hydrogen) atoms. The number of anilines is 1. The number of nitriles is 1. The quantitative estimate of drug-likeness (QED) is 0.257. The summed E-state index contributed by atoms with van der Waals surface area (Å²) in [5, 5.41) is 18.7. The number of aryl methyl sites for hydroxylation is 1. The molecule has 0 bridgehead atoms. The van der Waals surface area contributed by atoms with Crippen molar-refractivity contribution in [3.63, 3.8) is 0 Å². The fourth-order valence-corrected chi connectivity index (χ4v) is 8.35. The predicted octanol–water partition coefficient (Wildman–Crippen LogP) is 5.69. The molecule has 1 spiro atoms. The zero-order valence-electron chi connectivity index (χ0n) is 25.6. The van der Waals surface area contributed by atoms with E-state index in [9.17, 15) is 18.4 Å². The van der Waals surface area contributed by atoms with Crippen LogP contribution in [0.25, 0.3) is 21.1 Å². The highest BCUT2D eigenvalue weighted by Gasteiger charge is 2.39. The molecular weight excluding hydrogens is 597 g/mol. The third kappa shape index (κ3) is 6.41. The molecule has 8 nitrogen and oxygen atoms in total. The summed E-state index contributed by atoms with van der Waals surface area (Å²) < 4.78 is 41.0. The van der Waals surface area contributed by atoms with Gasteiger partial charge in [-0.25, -0.2) is 9.97 Å². The van der Waals surface area contributed by atoms with Gasteiger partial charge in [-0.15, -0.1) is 11.3 Å². The highest BCUT2D eigenvalue weighted by atomic mass is 32.1. The fourth-order valence-electron chi connectivity index (χ4n) is 7.33. The predicted molar refractivity (Wildman–Crippen MR) is 171 cm³/mol. The molecule has 1 aromatic carbocycles. The Bertz CT molecular complexity index is 1720. The summed E-state index contributed by atoms with van der Waals surface area (Å²) >= 11 is 1.08. The number of nitrogens with one attached hydrogen (secondary N) is 2. The lowest BCUT2D eigenvalue weighted by atomic mass is 9.73. The van der Waals surface area contributed by atoms with E-state index in [1.54, 1.807) is 6.07 Å². The van der Waals surface area contributed by atoms with E-state index >= 15 is 0 Å². The average molecular weight is 637 g/mol. The van der Waals surface area contributed by atoms with Gasteiger partial charge in [0.25, 0.3) is 0 Å². The number of benzene rings is 1. The highest BCUT2D eigenvalue weighted by molar-refractivity contribution is 7.18. The summed E-state index contributed by atoms with van der Waals surface area (Å²) in [6, 6.07) is 10.7. The Hall–Kier alpha value is -3.24. The number of hydrogen-bond donors (Lipinski definition) is 2. The van der Waals surface area contributed by atoms with Crippen LogP contribution in [-0.4, -0.2) is 82.4 Å². The number of hydrogen-bond acceptors (Lipinski definition) is 8. The van der Waals surface area contributed by atoms with Crippen LogP contribution in [0.2, 0.25) is 0 Å². The Balaban J connectivity index is 0.967. The fraction of sp³-hybridized carbons (Fsp3) is 0.545. The maximum atomic E-state index is 12.9. The first-order valence-electron chi connectivity index (χ1n) is 15.9. The van der Waals surface area contributed by atoms with Gasteiger partial charge in [-0.3, -0.25) is 4.90 Å². The van der Waals surface area contributed by atoms with E-state index in [2.05, 4.69) is 66.2 Å². The van der Waals surface area contributed by atoms with Crippen molar-refractivity contribution in [2.45, 2.75) is 64.3 Å². The van der Waals surface area contributed by atoms with E-state index < -0.39 is 12.6 Å². The zero-order chi connectivity index (χ0) is 31.2. The summed E-state index contributed by atoms with van der Waals surface area (Å²) in [6.45, 7) is 11.2. The molecule has 3 fully saturated rings. The van der Waals surface area contributed by atoms with E-state index in [4.69, 9.17) is 0 Å². The number of piperidine rings is 2. The van der Waals surface area contributed by atoms with Crippen LogP contribution < -0.4 is 10.6 Å². The average Bonchev–Trinajstić information content (AvgIpc) is 3.58. The molecule has 3 aromatic heterocycles. The second kappa shape index (κ2) is 12.2. The summed E-state index contributed by atoms with van der Waals surface area (Å²) in [7, 11) is 0. The Morgan fingerprint density at radius 1 is 1.04 bits per heavy atom. The Labute approximate surface area is 265 Å². The molecule has 0 aliphatic carbocycles. The van der Waals surface area contributed by atoms with Gasteiger partial charge in [0.1, 0.15) is 28.7 Å². The number of fused-ring (bicyclic) bond motifs is 2. The van der Waals surface area contributed by atoms with Crippen molar-refractivity contribution >= 4 is 38.3 Å². The molecule has 7 rings (SSSR count). The Kier molecular flexibility index (Phi) is 8.23. The number of aromatic nitrogens is 3. The molecule has 4 aromatic rings. The van der Waals surface area contributed by atoms with Gasteiger partial charge >= 0.3 is 6.18 Å². The van der Waals surface area contributed by atoms with E-state index in [0.29, 0.717) is 21.4 Å². The van der Waals surface area contributed by atoms with Gasteiger partial charge in [0.2, 0.25) is 0 Å². The van der Waals surface area contributed by atoms with Crippen molar-refractivity contribution in [3.05, 3.63) is 52.3 Å². The maximum Gasteiger partial charge on any atom is 0.393 e. The lowest BCUT2D eigenvalue weighted by molar-refractivity contribution is -0.126. The van der Waals surface area contributed by atoms with Crippen molar-refractivity contribution in [2.24, 2.45) is 5.41 Å². The van der Waals surface area contributed by atoms with E-state index in [1.165, 1.54) is 30.3 Å². The van der Waals surface area contributed by atoms with Crippen LogP contribution in [-0.2, 0) is 19.5 Å². The van der Waals surface area contributed by atoms with Gasteiger partial charge < -0.3 is 20.1 Å². The molecule has 3 aliphatic heterocycles. The van der Waals surface area contributed by atoms with Crippen LogP contribution in [0.1, 0.15) is 47.4 Å². The molecule has 0 saturated carbocycles. The molecule has 0 amide bonds. The Morgan fingerprint density at radius 3 is 2.51 bits per heavy atom. The number of rotatable bonds is 8. The zero-order valence-corrected chi connectivity index (χ0v) is 26.4. The number of nitrogens with zero attached hydrogens (tertiary/aromatic N) is 6. The van der Waals surface area contributed by atoms with Gasteiger partial charge in [-0.2, -0.15) is 18.4 Å². The molecule has 3 saturated heterocycles. The second-order valence-electron chi connectivity index (χ2n) is 13.2. The molecule has 0 unspecified atom stereocenters. The molecule has 12 heteroatoms. The number of thiophene rings is 1. The monoisotopic (exact) mass is 636 g/mol. The summed E-state index contributed by atoms with van der Waals surface area (Å²) in [5.41, 5.74) is 4.91. The Morgan fingerprint density at radius 2 is 1.82 bits per heavy atom. The van der Waals surface area contributed by atoms with Gasteiger partial charge in [-0.05, 0) is 80.4 Å². The molecule has 3 aliphatic rings. The summed E-state index contributed by atoms with van der Waals surface area (Å²) in [5.74, 6) is 0.613. The standard InChI is InChI=1S/C33H39F3N8S/c1-22-23(2-3-29-27(22)14-25(17-37)44(29)13-12-42-10-6-32(7-11-42)19-38-20-32)18-43-8-4-24(5-9-43)41-30-28-15-26(16-33(34,35)36)45-31(28)40-21-39-30/h2-3,14-15,21,24,38H,4-13,16,18-20H2,1H3,(H,39,40,41). The van der Waals surface area contributed by atoms with Crippen LogP contribution in [0, 0.1) is 23.7 Å². The van der Waals surface area contributed by atoms with Crippen LogP contribution in [0.5, 0.6) is 0 Å². The molecule has 0 radical (unpaired) electrons. The molecule has 6 heterocycles. The minimum absolute atomic E-state index is 0.192. The van der Waals surface area contributed by atoms with Crippen molar-refractivity contribution in [1.29, 1.82) is 5.26 Å². The van der Waals surface area contributed by atoms with E-state index in [-0.39, 0.29) is 10.9 Å². The first kappa shape index (κ1) is 30.4. The summed E-state index contributed by atoms with van der Waals surface area (Å²) in [4.78, 5) is 14.4. The smallest absolute Gasteiger partial charge is 0.367 e. The number of likely N-dealkylation sites (tertiary alicyclic amines) is 2. The third-order valence-electron chi connectivity index (χ3n) is 10.2. The van der Waals surface area contributed by atoms with Crippen molar-refractivity contribution < 1.29 is 13.2 Å². The first-order valence-corrected chi connectivity index (χ1v) is 16.7. The highest BCUT2D eigenvalue weighted by Crippen LogP contribution is 2.36. The van der Waals surface area contributed by atoms with Gasteiger partial charge in [-0.1, -0.05) is 6.07 Å². The van der Waals surface area contributed by atoms with Gasteiger partial charge in [0.05, 0.1) is 11.8 Å². The normalized spacial score (nSPS) is 19.7. The van der Waals surface area contributed by atoms with Crippen LogP contribution in [0.3, 0.4) is 0 Å². The number of alkyl halides is 3. The minimum atomic E-state index is -4.25. The molecular formula is C33H39F3N8S. The largest absolute Gasteiger partial charge is 0.393 e. The molecule has 0 atom stereocenters. The van der Waals surface area contributed by atoms with E-state index in [0.717, 1.165) is 99.7 Å². The lowest BCUT2D eigenvalue weighted by Crippen LogP contribution is -2.58. The summed E-state index contributed by atoms with van der Waals surface area (Å²) in [6.07, 6.45) is 0.580. The van der Waals surface area contributed by atoms with Gasteiger partial charge in [0.15, 0.2) is 0 Å². The van der Waals surface area contributed by atoms with E-state index in [1.807, 2.05) is 0 Å². The SMILES string of the molecule is Cc1c(CN2CCC(Nc3ncnc4sc(CC(F)(F)F)cc34)CC2)ccc2c1cc(C#N)n2CCN1CCC2(CC1)CNC2. The topological polar surface area (TPSA) is 85.0 Å². The third-order valence-corrected chi connectivity index (χ3v) is 11.3. The van der Waals surface area contributed by atoms with Crippen molar-refractivity contribution in [1.82, 2.24) is 29.7 Å². The van der Waals surface area contributed by atoms with Crippen LogP contribution in [0.15, 0.2) is 30.6 Å². The maximum absolute atomic E-state index is 12.9. The molecule has 2 N–H and O–H groups in total. The van der Waals surface area contributed by atoms with Crippen LogP contribution >= 0.6 is 11.3 Å². The van der Waals surface area contributed by atoms with Crippen molar-refractivity contribution in [3.8, 4) is 6.07 Å². The second-order valence-corrected chi connectivity index (χ2v) is 14.3. The van der Waals surface area contributed by atoms with Crippen molar-refractivity contribution in [2.75, 3.05) is 51.1 Å². The van der Waals surface area contributed by atoms with Gasteiger partial charge in [0, 0.05) is 67.6 Å². The first-order chi connectivity index (χ1) is 21.7.